The number of benzene rings is 1. The van der Waals surface area contributed by atoms with Gasteiger partial charge in [0.15, 0.2) is 6.29 Å². The van der Waals surface area contributed by atoms with Gasteiger partial charge in [-0.2, -0.15) is 0 Å². The largest absolute Gasteiger partial charge is 0.496 e. The fraction of sp³-hybridized carbons (Fsp3) is 0.300. The lowest BCUT2D eigenvalue weighted by Gasteiger charge is -2.06. The lowest BCUT2D eigenvalue weighted by molar-refractivity contribution is 0.112. The van der Waals surface area contributed by atoms with Crippen LogP contribution in [0.4, 0.5) is 0 Å². The van der Waals surface area contributed by atoms with Gasteiger partial charge in [-0.15, -0.1) is 0 Å². The highest BCUT2D eigenvalue weighted by Gasteiger charge is 2.18. The number of methoxy groups -OCH3 is 1. The highest BCUT2D eigenvalue weighted by Crippen LogP contribution is 2.32. The summed E-state index contributed by atoms with van der Waals surface area (Å²) in [6.07, 6.45) is 1.62. The molecule has 1 aromatic rings. The van der Waals surface area contributed by atoms with E-state index < -0.39 is 0 Å². The zero-order valence-electron chi connectivity index (χ0n) is 7.37. The number of ether oxygens (including phenoxy) is 2. The maximum absolute atomic E-state index is 10.8. The van der Waals surface area contributed by atoms with Crippen LogP contribution in [-0.2, 0) is 6.42 Å². The summed E-state index contributed by atoms with van der Waals surface area (Å²) in [5, 5.41) is 0. The fourth-order valence-electron chi connectivity index (χ4n) is 1.59. The summed E-state index contributed by atoms with van der Waals surface area (Å²) in [4.78, 5) is 10.8. The van der Waals surface area contributed by atoms with Crippen molar-refractivity contribution in [3.05, 3.63) is 23.3 Å². The highest BCUT2D eigenvalue weighted by atomic mass is 16.5. The molecule has 0 radical (unpaired) electrons. The first-order valence-corrected chi connectivity index (χ1v) is 4.14. The molecule has 2 rings (SSSR count). The molecule has 0 aliphatic carbocycles. The maximum atomic E-state index is 10.8. The van der Waals surface area contributed by atoms with Crippen LogP contribution < -0.4 is 9.47 Å². The van der Waals surface area contributed by atoms with Crippen LogP contribution in [0.1, 0.15) is 15.9 Å². The summed E-state index contributed by atoms with van der Waals surface area (Å²) in [5.41, 5.74) is 1.59. The molecule has 0 saturated heterocycles. The number of carbonyl (C=O) groups excluding carboxylic acids is 1. The van der Waals surface area contributed by atoms with Gasteiger partial charge < -0.3 is 9.47 Å². The molecule has 0 amide bonds. The summed E-state index contributed by atoms with van der Waals surface area (Å²) in [7, 11) is 1.56. The Morgan fingerprint density at radius 1 is 1.54 bits per heavy atom. The third kappa shape index (κ3) is 1.16. The molecule has 13 heavy (non-hydrogen) atoms. The summed E-state index contributed by atoms with van der Waals surface area (Å²) in [6, 6.07) is 3.60. The Hall–Kier alpha value is -1.51. The Balaban J connectivity index is 2.59. The average Bonchev–Trinajstić information content (AvgIpc) is 2.63. The lowest BCUT2D eigenvalue weighted by atomic mass is 10.1. The molecule has 0 N–H and O–H groups in total. The van der Waals surface area contributed by atoms with E-state index in [0.717, 1.165) is 24.0 Å². The van der Waals surface area contributed by atoms with Crippen molar-refractivity contribution in [3.8, 4) is 11.5 Å². The van der Waals surface area contributed by atoms with E-state index >= 15 is 0 Å². The Labute approximate surface area is 76.3 Å². The van der Waals surface area contributed by atoms with Gasteiger partial charge in [0.25, 0.3) is 0 Å². The smallest absolute Gasteiger partial charge is 0.154 e. The molecule has 0 fully saturated rings. The predicted molar refractivity (Wildman–Crippen MR) is 47.6 cm³/mol. The molecule has 0 saturated carbocycles. The zero-order valence-corrected chi connectivity index (χ0v) is 7.37. The van der Waals surface area contributed by atoms with E-state index in [2.05, 4.69) is 0 Å². The maximum Gasteiger partial charge on any atom is 0.154 e. The van der Waals surface area contributed by atoms with Gasteiger partial charge in [0.05, 0.1) is 19.3 Å². The Morgan fingerprint density at radius 2 is 2.38 bits per heavy atom. The van der Waals surface area contributed by atoms with E-state index in [1.165, 1.54) is 0 Å². The standard InChI is InChI=1S/C10H10O3/c1-12-9-2-3-10-7(4-5-13-10)8(9)6-11/h2-3,6H,4-5H2,1H3. The third-order valence-corrected chi connectivity index (χ3v) is 2.22. The number of hydrogen-bond donors (Lipinski definition) is 0. The average molecular weight is 178 g/mol. The molecule has 1 aliphatic heterocycles. The Bertz CT molecular complexity index is 344. The van der Waals surface area contributed by atoms with Crippen LogP contribution in [-0.4, -0.2) is 20.0 Å². The molecule has 3 heteroatoms. The monoisotopic (exact) mass is 178 g/mol. The molecular formula is C10H10O3. The minimum Gasteiger partial charge on any atom is -0.496 e. The number of carbonyl (C=O) groups is 1. The van der Waals surface area contributed by atoms with Crippen molar-refractivity contribution in [2.45, 2.75) is 6.42 Å². The van der Waals surface area contributed by atoms with E-state index in [-0.39, 0.29) is 0 Å². The fourth-order valence-corrected chi connectivity index (χ4v) is 1.59. The first-order valence-electron chi connectivity index (χ1n) is 4.14. The molecule has 1 aliphatic rings. The van der Waals surface area contributed by atoms with Gasteiger partial charge in [-0.3, -0.25) is 4.79 Å². The van der Waals surface area contributed by atoms with Crippen molar-refractivity contribution in [3.63, 3.8) is 0 Å². The first-order chi connectivity index (χ1) is 6.36. The SMILES string of the molecule is COc1ccc2c(c1C=O)CCO2. The van der Waals surface area contributed by atoms with Crippen LogP contribution in [0.25, 0.3) is 0 Å². The third-order valence-electron chi connectivity index (χ3n) is 2.22. The van der Waals surface area contributed by atoms with Gasteiger partial charge in [-0.05, 0) is 12.1 Å². The van der Waals surface area contributed by atoms with Crippen molar-refractivity contribution in [1.29, 1.82) is 0 Å². The van der Waals surface area contributed by atoms with Gasteiger partial charge in [0, 0.05) is 12.0 Å². The molecule has 1 heterocycles. The highest BCUT2D eigenvalue weighted by molar-refractivity contribution is 5.83. The van der Waals surface area contributed by atoms with Crippen LogP contribution >= 0.6 is 0 Å². The molecule has 0 aromatic heterocycles. The van der Waals surface area contributed by atoms with Gasteiger partial charge in [-0.25, -0.2) is 0 Å². The molecule has 68 valence electrons. The van der Waals surface area contributed by atoms with Gasteiger partial charge in [0.1, 0.15) is 11.5 Å². The van der Waals surface area contributed by atoms with E-state index in [1.807, 2.05) is 6.07 Å². The van der Waals surface area contributed by atoms with E-state index in [1.54, 1.807) is 13.2 Å². The van der Waals surface area contributed by atoms with Crippen LogP contribution in [0.2, 0.25) is 0 Å². The summed E-state index contributed by atoms with van der Waals surface area (Å²) in [6.45, 7) is 0.656. The molecular weight excluding hydrogens is 168 g/mol. The van der Waals surface area contributed by atoms with Crippen LogP contribution in [0.15, 0.2) is 12.1 Å². The van der Waals surface area contributed by atoms with Crippen molar-refractivity contribution in [1.82, 2.24) is 0 Å². The summed E-state index contributed by atoms with van der Waals surface area (Å²) >= 11 is 0. The Kier molecular flexibility index (Phi) is 1.93. The Morgan fingerprint density at radius 3 is 3.08 bits per heavy atom. The van der Waals surface area contributed by atoms with E-state index in [9.17, 15) is 4.79 Å². The van der Waals surface area contributed by atoms with Crippen LogP contribution in [0.5, 0.6) is 11.5 Å². The number of fused-ring (bicyclic) bond motifs is 1. The molecule has 0 unspecified atom stereocenters. The van der Waals surface area contributed by atoms with Crippen molar-refractivity contribution in [2.24, 2.45) is 0 Å². The molecule has 0 bridgehead atoms. The van der Waals surface area contributed by atoms with Crippen LogP contribution in [0.3, 0.4) is 0 Å². The summed E-state index contributed by atoms with van der Waals surface area (Å²) < 4.78 is 10.4. The minimum absolute atomic E-state index is 0.623. The van der Waals surface area contributed by atoms with Gasteiger partial charge in [-0.1, -0.05) is 0 Å². The molecule has 0 spiro atoms. The predicted octanol–water partition coefficient (Wildman–Crippen LogP) is 1.44. The first kappa shape index (κ1) is 8.10. The molecule has 3 nitrogen and oxygen atoms in total. The van der Waals surface area contributed by atoms with Crippen molar-refractivity contribution in [2.75, 3.05) is 13.7 Å². The molecule has 0 atom stereocenters. The van der Waals surface area contributed by atoms with E-state index in [0.29, 0.717) is 17.9 Å². The normalized spacial score (nSPS) is 13.3. The lowest BCUT2D eigenvalue weighted by Crippen LogP contribution is -1.94. The number of aldehydes is 1. The second-order valence-electron chi connectivity index (χ2n) is 2.87. The van der Waals surface area contributed by atoms with Crippen LogP contribution in [0, 0.1) is 0 Å². The van der Waals surface area contributed by atoms with Gasteiger partial charge in [0.2, 0.25) is 0 Å². The second kappa shape index (κ2) is 3.09. The van der Waals surface area contributed by atoms with Gasteiger partial charge >= 0.3 is 0 Å². The number of rotatable bonds is 2. The van der Waals surface area contributed by atoms with E-state index in [4.69, 9.17) is 9.47 Å². The van der Waals surface area contributed by atoms with Crippen molar-refractivity contribution < 1.29 is 14.3 Å². The quantitative estimate of drug-likeness (QED) is 0.643. The topological polar surface area (TPSA) is 35.5 Å². The summed E-state index contributed by atoms with van der Waals surface area (Å²) in [5.74, 6) is 1.43. The number of hydrogen-bond acceptors (Lipinski definition) is 3. The zero-order chi connectivity index (χ0) is 9.26. The molecule has 1 aromatic carbocycles. The minimum atomic E-state index is 0.623. The second-order valence-corrected chi connectivity index (χ2v) is 2.87. The van der Waals surface area contributed by atoms with Crippen molar-refractivity contribution >= 4 is 6.29 Å².